The standard InChI is InChI=1S/C13H10BrFN2O/c14-9-4-3-5-10(8-9)16-13(18)17-12-7-2-1-6-11(12)15/h1-8H,(H2,16,17,18). The van der Waals surface area contributed by atoms with Crippen molar-refractivity contribution in [2.45, 2.75) is 0 Å². The Hall–Kier alpha value is -1.88. The lowest BCUT2D eigenvalue weighted by Gasteiger charge is -2.08. The number of hydrogen-bond donors (Lipinski definition) is 2. The number of anilines is 2. The van der Waals surface area contributed by atoms with Crippen LogP contribution >= 0.6 is 15.9 Å². The Labute approximate surface area is 112 Å². The molecular formula is C13H10BrFN2O. The highest BCUT2D eigenvalue weighted by Gasteiger charge is 2.06. The summed E-state index contributed by atoms with van der Waals surface area (Å²) in [5, 5.41) is 5.05. The van der Waals surface area contributed by atoms with Crippen molar-refractivity contribution in [1.82, 2.24) is 0 Å². The maximum atomic E-state index is 13.3. The van der Waals surface area contributed by atoms with Gasteiger partial charge in [0.2, 0.25) is 0 Å². The van der Waals surface area contributed by atoms with Crippen LogP contribution in [-0.2, 0) is 0 Å². The van der Waals surface area contributed by atoms with E-state index in [0.29, 0.717) is 5.69 Å². The second kappa shape index (κ2) is 5.64. The molecule has 0 saturated heterocycles. The molecule has 92 valence electrons. The SMILES string of the molecule is O=C(Nc1cccc(Br)c1)Nc1ccccc1F. The molecule has 0 heterocycles. The maximum Gasteiger partial charge on any atom is 0.323 e. The smallest absolute Gasteiger partial charge is 0.308 e. The second-order valence-electron chi connectivity index (χ2n) is 3.57. The molecule has 0 saturated carbocycles. The second-order valence-corrected chi connectivity index (χ2v) is 4.48. The van der Waals surface area contributed by atoms with Gasteiger partial charge in [0.05, 0.1) is 5.69 Å². The van der Waals surface area contributed by atoms with E-state index in [1.165, 1.54) is 12.1 Å². The molecule has 0 fully saturated rings. The molecular weight excluding hydrogens is 299 g/mol. The maximum absolute atomic E-state index is 13.3. The highest BCUT2D eigenvalue weighted by atomic mass is 79.9. The first-order valence-corrected chi connectivity index (χ1v) is 6.02. The Balaban J connectivity index is 2.03. The molecule has 18 heavy (non-hydrogen) atoms. The van der Waals surface area contributed by atoms with Crippen LogP contribution in [0.2, 0.25) is 0 Å². The van der Waals surface area contributed by atoms with E-state index in [1.807, 2.05) is 6.07 Å². The summed E-state index contributed by atoms with van der Waals surface area (Å²) in [5.41, 5.74) is 0.767. The molecule has 0 bridgehead atoms. The summed E-state index contributed by atoms with van der Waals surface area (Å²) < 4.78 is 14.2. The van der Waals surface area contributed by atoms with E-state index < -0.39 is 11.8 Å². The summed E-state index contributed by atoms with van der Waals surface area (Å²) in [6.45, 7) is 0. The minimum Gasteiger partial charge on any atom is -0.308 e. The van der Waals surface area contributed by atoms with Gasteiger partial charge in [-0.25, -0.2) is 9.18 Å². The molecule has 0 aliphatic carbocycles. The van der Waals surface area contributed by atoms with Crippen molar-refractivity contribution < 1.29 is 9.18 Å². The molecule has 0 aliphatic heterocycles. The van der Waals surface area contributed by atoms with Gasteiger partial charge < -0.3 is 10.6 Å². The van der Waals surface area contributed by atoms with Crippen LogP contribution in [0.1, 0.15) is 0 Å². The van der Waals surface area contributed by atoms with E-state index in [0.717, 1.165) is 4.47 Å². The van der Waals surface area contributed by atoms with Crippen LogP contribution < -0.4 is 10.6 Å². The molecule has 0 radical (unpaired) electrons. The predicted octanol–water partition coefficient (Wildman–Crippen LogP) is 4.23. The van der Waals surface area contributed by atoms with Crippen molar-refractivity contribution in [1.29, 1.82) is 0 Å². The lowest BCUT2D eigenvalue weighted by molar-refractivity contribution is 0.262. The molecule has 0 spiro atoms. The van der Waals surface area contributed by atoms with Gasteiger partial charge >= 0.3 is 6.03 Å². The molecule has 2 aromatic carbocycles. The Morgan fingerprint density at radius 1 is 1.06 bits per heavy atom. The normalized spacial score (nSPS) is 9.89. The van der Waals surface area contributed by atoms with Crippen molar-refractivity contribution in [3.8, 4) is 0 Å². The van der Waals surface area contributed by atoms with Crippen molar-refractivity contribution in [2.24, 2.45) is 0 Å². The lowest BCUT2D eigenvalue weighted by Crippen LogP contribution is -2.20. The van der Waals surface area contributed by atoms with Crippen LogP contribution in [0.25, 0.3) is 0 Å². The van der Waals surface area contributed by atoms with Crippen LogP contribution in [-0.4, -0.2) is 6.03 Å². The van der Waals surface area contributed by atoms with Crippen LogP contribution in [0.15, 0.2) is 53.0 Å². The number of urea groups is 1. The van der Waals surface area contributed by atoms with Crippen molar-refractivity contribution >= 4 is 33.3 Å². The molecule has 2 rings (SSSR count). The first-order chi connectivity index (χ1) is 8.65. The number of rotatable bonds is 2. The molecule has 2 N–H and O–H groups in total. The number of benzene rings is 2. The van der Waals surface area contributed by atoms with E-state index in [-0.39, 0.29) is 5.69 Å². The number of halogens is 2. The average Bonchev–Trinajstić information content (AvgIpc) is 2.32. The van der Waals surface area contributed by atoms with E-state index in [9.17, 15) is 9.18 Å². The summed E-state index contributed by atoms with van der Waals surface area (Å²) >= 11 is 3.30. The van der Waals surface area contributed by atoms with Gasteiger partial charge in [0.25, 0.3) is 0 Å². The third kappa shape index (κ3) is 3.30. The molecule has 2 aromatic rings. The summed E-state index contributed by atoms with van der Waals surface area (Å²) in [5.74, 6) is -0.470. The van der Waals surface area contributed by atoms with Crippen molar-refractivity contribution in [3.05, 3.63) is 58.8 Å². The monoisotopic (exact) mass is 308 g/mol. The largest absolute Gasteiger partial charge is 0.323 e. The Morgan fingerprint density at radius 3 is 2.56 bits per heavy atom. The predicted molar refractivity (Wildman–Crippen MR) is 73.2 cm³/mol. The fourth-order valence-corrected chi connectivity index (χ4v) is 1.81. The quantitative estimate of drug-likeness (QED) is 0.856. The summed E-state index contributed by atoms with van der Waals surface area (Å²) in [6.07, 6.45) is 0. The highest BCUT2D eigenvalue weighted by Crippen LogP contribution is 2.17. The summed E-state index contributed by atoms with van der Waals surface area (Å²) in [4.78, 5) is 11.6. The van der Waals surface area contributed by atoms with Crippen LogP contribution in [0, 0.1) is 5.82 Å². The van der Waals surface area contributed by atoms with Crippen LogP contribution in [0.5, 0.6) is 0 Å². The highest BCUT2D eigenvalue weighted by molar-refractivity contribution is 9.10. The van der Waals surface area contributed by atoms with E-state index in [2.05, 4.69) is 26.6 Å². The van der Waals surface area contributed by atoms with E-state index in [1.54, 1.807) is 30.3 Å². The lowest BCUT2D eigenvalue weighted by atomic mass is 10.3. The Bertz CT molecular complexity index is 574. The number of hydrogen-bond acceptors (Lipinski definition) is 1. The van der Waals surface area contributed by atoms with E-state index in [4.69, 9.17) is 0 Å². The average molecular weight is 309 g/mol. The Morgan fingerprint density at radius 2 is 1.83 bits per heavy atom. The molecule has 5 heteroatoms. The van der Waals surface area contributed by atoms with Gasteiger partial charge in [-0.2, -0.15) is 0 Å². The molecule has 2 amide bonds. The summed E-state index contributed by atoms with van der Waals surface area (Å²) in [6, 6.07) is 12.6. The van der Waals surface area contributed by atoms with Crippen molar-refractivity contribution in [3.63, 3.8) is 0 Å². The minimum atomic E-state index is -0.488. The van der Waals surface area contributed by atoms with Gasteiger partial charge in [-0.3, -0.25) is 0 Å². The zero-order valence-electron chi connectivity index (χ0n) is 9.28. The number of carbonyl (C=O) groups excluding carboxylic acids is 1. The van der Waals surface area contributed by atoms with Crippen LogP contribution in [0.4, 0.5) is 20.6 Å². The fourth-order valence-electron chi connectivity index (χ4n) is 1.41. The zero-order chi connectivity index (χ0) is 13.0. The van der Waals surface area contributed by atoms with Crippen LogP contribution in [0.3, 0.4) is 0 Å². The van der Waals surface area contributed by atoms with Gasteiger partial charge in [0.15, 0.2) is 0 Å². The Kier molecular flexibility index (Phi) is 3.94. The number of para-hydroxylation sites is 1. The first-order valence-electron chi connectivity index (χ1n) is 5.23. The number of nitrogens with one attached hydrogen (secondary N) is 2. The van der Waals surface area contributed by atoms with Gasteiger partial charge in [0.1, 0.15) is 5.82 Å². The zero-order valence-corrected chi connectivity index (χ0v) is 10.9. The number of amides is 2. The molecule has 0 atom stereocenters. The third-order valence-electron chi connectivity index (χ3n) is 2.20. The van der Waals surface area contributed by atoms with Gasteiger partial charge in [-0.15, -0.1) is 0 Å². The third-order valence-corrected chi connectivity index (χ3v) is 2.70. The molecule has 0 unspecified atom stereocenters. The van der Waals surface area contributed by atoms with Gasteiger partial charge in [-0.1, -0.05) is 34.1 Å². The topological polar surface area (TPSA) is 41.1 Å². The molecule has 3 nitrogen and oxygen atoms in total. The van der Waals surface area contributed by atoms with E-state index >= 15 is 0 Å². The number of carbonyl (C=O) groups is 1. The van der Waals surface area contributed by atoms with Gasteiger partial charge in [-0.05, 0) is 30.3 Å². The van der Waals surface area contributed by atoms with Crippen molar-refractivity contribution in [2.75, 3.05) is 10.6 Å². The first kappa shape index (κ1) is 12.6. The molecule has 0 aromatic heterocycles. The minimum absolute atomic E-state index is 0.144. The summed E-state index contributed by atoms with van der Waals surface area (Å²) in [7, 11) is 0. The fraction of sp³-hybridized carbons (Fsp3) is 0. The molecule has 0 aliphatic rings. The van der Waals surface area contributed by atoms with Gasteiger partial charge in [0, 0.05) is 10.2 Å².